The monoisotopic (exact) mass is 471 g/mol. The fourth-order valence-electron chi connectivity index (χ4n) is 4.27. The maximum atomic E-state index is 13.0. The summed E-state index contributed by atoms with van der Waals surface area (Å²) in [7, 11) is 1.27. The van der Waals surface area contributed by atoms with Gasteiger partial charge in [0, 0.05) is 42.7 Å². The number of hydrogen-bond donors (Lipinski definition) is 1. The first-order valence-electron chi connectivity index (χ1n) is 11.2. The molecule has 1 aromatic heterocycles. The average Bonchev–Trinajstić information content (AvgIpc) is 3.42. The molecule has 3 heterocycles. The zero-order chi connectivity index (χ0) is 24.1. The van der Waals surface area contributed by atoms with E-state index in [0.29, 0.717) is 22.6 Å². The van der Waals surface area contributed by atoms with Crippen LogP contribution in [0.3, 0.4) is 0 Å². The molecule has 0 saturated carbocycles. The Bertz CT molecular complexity index is 1040. The zero-order valence-corrected chi connectivity index (χ0v) is 19.2. The molecule has 1 fully saturated rings. The number of nitrogens with zero attached hydrogens (tertiary/aromatic N) is 2. The summed E-state index contributed by atoms with van der Waals surface area (Å²) in [5.74, 6) is -0.243. The van der Waals surface area contributed by atoms with Crippen molar-refractivity contribution in [3.63, 3.8) is 0 Å². The molecule has 1 atom stereocenters. The van der Waals surface area contributed by atoms with Crippen LogP contribution in [0.25, 0.3) is 0 Å². The molecule has 1 saturated heterocycles. The smallest absolute Gasteiger partial charge is 0.305 e. The summed E-state index contributed by atoms with van der Waals surface area (Å²) in [5, 5.41) is 0. The van der Waals surface area contributed by atoms with E-state index in [-0.39, 0.29) is 31.9 Å². The van der Waals surface area contributed by atoms with E-state index in [1.807, 2.05) is 6.07 Å². The van der Waals surface area contributed by atoms with Gasteiger partial charge >= 0.3 is 5.97 Å². The van der Waals surface area contributed by atoms with Crippen molar-refractivity contribution < 1.29 is 33.0 Å². The predicted octanol–water partition coefficient (Wildman–Crippen LogP) is 1.45. The maximum Gasteiger partial charge on any atom is 0.305 e. The Morgan fingerprint density at radius 3 is 2.76 bits per heavy atom. The van der Waals surface area contributed by atoms with Crippen LogP contribution < -0.4 is 10.5 Å². The molecule has 0 aliphatic carbocycles. The lowest BCUT2D eigenvalue weighted by Crippen LogP contribution is -2.45. The molecule has 2 amide bonds. The third-order valence-corrected chi connectivity index (χ3v) is 6.09. The average molecular weight is 472 g/mol. The van der Waals surface area contributed by atoms with E-state index in [2.05, 4.69) is 9.64 Å². The van der Waals surface area contributed by atoms with Crippen LogP contribution in [0.1, 0.15) is 40.1 Å². The third-order valence-electron chi connectivity index (χ3n) is 6.09. The van der Waals surface area contributed by atoms with Crippen LogP contribution in [-0.4, -0.2) is 67.0 Å². The number of nitrogens with two attached hydrogens (primary N) is 1. The molecular formula is C24H29N3O7. The molecule has 2 N–H and O–H groups in total. The van der Waals surface area contributed by atoms with Crippen molar-refractivity contribution in [3.05, 3.63) is 53.0 Å². The van der Waals surface area contributed by atoms with E-state index < -0.39 is 17.9 Å². The zero-order valence-electron chi connectivity index (χ0n) is 19.2. The first-order chi connectivity index (χ1) is 16.5. The van der Waals surface area contributed by atoms with E-state index >= 15 is 0 Å². The van der Waals surface area contributed by atoms with E-state index in [9.17, 15) is 14.4 Å². The molecule has 1 unspecified atom stereocenters. The number of primary amides is 1. The van der Waals surface area contributed by atoms with Gasteiger partial charge in [-0.05, 0) is 24.6 Å². The Labute approximate surface area is 197 Å². The van der Waals surface area contributed by atoms with Crippen molar-refractivity contribution in [2.24, 2.45) is 5.73 Å². The van der Waals surface area contributed by atoms with Gasteiger partial charge < -0.3 is 29.3 Å². The second-order valence-corrected chi connectivity index (χ2v) is 8.35. The minimum atomic E-state index is -0.917. The standard InChI is InChI=1S/C24H29N3O7/c1-31-22(28)6-5-20(23(25)29)27-13-19-18(24(27)30)3-2-4-21(19)34-15-17-11-16(14-33-17)12-26-7-9-32-10-8-26/h2-4,11,14,20H,5-10,12-13,15H2,1H3,(H2,25,29). The van der Waals surface area contributed by atoms with Crippen LogP contribution in [0.2, 0.25) is 0 Å². The Balaban J connectivity index is 1.40. The number of hydrogen-bond acceptors (Lipinski definition) is 8. The number of ether oxygens (including phenoxy) is 3. The number of carbonyl (C=O) groups excluding carboxylic acids is 3. The Morgan fingerprint density at radius 2 is 2.03 bits per heavy atom. The quantitative estimate of drug-likeness (QED) is 0.517. The lowest BCUT2D eigenvalue weighted by molar-refractivity contribution is -0.141. The second-order valence-electron chi connectivity index (χ2n) is 8.35. The number of benzene rings is 1. The Hall–Kier alpha value is -3.37. The summed E-state index contributed by atoms with van der Waals surface area (Å²) in [6, 6.07) is 6.25. The van der Waals surface area contributed by atoms with Crippen LogP contribution in [0.5, 0.6) is 5.75 Å². The van der Waals surface area contributed by atoms with Gasteiger partial charge in [-0.1, -0.05) is 6.07 Å². The van der Waals surface area contributed by atoms with Gasteiger partial charge in [-0.2, -0.15) is 0 Å². The minimum absolute atomic E-state index is 0.0150. The van der Waals surface area contributed by atoms with E-state index in [1.165, 1.54) is 12.0 Å². The van der Waals surface area contributed by atoms with Gasteiger partial charge in [-0.3, -0.25) is 19.3 Å². The number of methoxy groups -OCH3 is 1. The lowest BCUT2D eigenvalue weighted by atomic mass is 10.1. The number of furan rings is 1. The van der Waals surface area contributed by atoms with Crippen LogP contribution in [0.4, 0.5) is 0 Å². The molecule has 0 bridgehead atoms. The van der Waals surface area contributed by atoms with Crippen LogP contribution in [-0.2, 0) is 38.8 Å². The topological polar surface area (TPSA) is 125 Å². The Morgan fingerprint density at radius 1 is 1.24 bits per heavy atom. The molecule has 0 radical (unpaired) electrons. The summed E-state index contributed by atoms with van der Waals surface area (Å²) in [6.07, 6.45) is 1.81. The fraction of sp³-hybridized carbons (Fsp3) is 0.458. The van der Waals surface area contributed by atoms with Crippen molar-refractivity contribution in [1.29, 1.82) is 0 Å². The van der Waals surface area contributed by atoms with Crippen molar-refractivity contribution in [3.8, 4) is 5.75 Å². The van der Waals surface area contributed by atoms with Crippen LogP contribution in [0, 0.1) is 0 Å². The van der Waals surface area contributed by atoms with Crippen molar-refractivity contribution >= 4 is 17.8 Å². The maximum absolute atomic E-state index is 13.0. The highest BCUT2D eigenvalue weighted by Crippen LogP contribution is 2.33. The minimum Gasteiger partial charge on any atom is -0.485 e. The molecule has 182 valence electrons. The van der Waals surface area contributed by atoms with E-state index in [1.54, 1.807) is 24.5 Å². The number of carbonyl (C=O) groups is 3. The molecule has 10 nitrogen and oxygen atoms in total. The van der Waals surface area contributed by atoms with E-state index in [4.69, 9.17) is 19.6 Å². The highest BCUT2D eigenvalue weighted by molar-refractivity contribution is 6.01. The van der Waals surface area contributed by atoms with Gasteiger partial charge in [0.15, 0.2) is 0 Å². The summed E-state index contributed by atoms with van der Waals surface area (Å²) in [5.41, 5.74) is 7.74. The largest absolute Gasteiger partial charge is 0.485 e. The number of amides is 2. The number of fused-ring (bicyclic) bond motifs is 1. The third kappa shape index (κ3) is 5.40. The normalized spacial score (nSPS) is 16.9. The predicted molar refractivity (Wildman–Crippen MR) is 120 cm³/mol. The molecule has 4 rings (SSSR count). The fourth-order valence-corrected chi connectivity index (χ4v) is 4.27. The van der Waals surface area contributed by atoms with Gasteiger partial charge in [0.05, 0.1) is 33.1 Å². The van der Waals surface area contributed by atoms with Crippen molar-refractivity contribution in [1.82, 2.24) is 9.80 Å². The van der Waals surface area contributed by atoms with Crippen LogP contribution in [0.15, 0.2) is 34.9 Å². The summed E-state index contributed by atoms with van der Waals surface area (Å²) in [4.78, 5) is 40.3. The highest BCUT2D eigenvalue weighted by atomic mass is 16.5. The van der Waals surface area contributed by atoms with Gasteiger partial charge in [0.2, 0.25) is 5.91 Å². The lowest BCUT2D eigenvalue weighted by Gasteiger charge is -2.25. The van der Waals surface area contributed by atoms with Gasteiger partial charge in [0.1, 0.15) is 24.2 Å². The van der Waals surface area contributed by atoms with Crippen molar-refractivity contribution in [2.75, 3.05) is 33.4 Å². The number of rotatable bonds is 10. The molecule has 2 aromatic rings. The first kappa shape index (κ1) is 23.8. The van der Waals surface area contributed by atoms with Crippen LogP contribution >= 0.6 is 0 Å². The summed E-state index contributed by atoms with van der Waals surface area (Å²) in [6.45, 7) is 4.42. The molecule has 10 heteroatoms. The highest BCUT2D eigenvalue weighted by Gasteiger charge is 2.37. The van der Waals surface area contributed by atoms with E-state index in [0.717, 1.165) is 38.4 Å². The first-order valence-corrected chi connectivity index (χ1v) is 11.2. The second kappa shape index (κ2) is 10.7. The molecule has 1 aromatic carbocycles. The SMILES string of the molecule is COC(=O)CCC(C(N)=O)N1Cc2c(OCc3cc(CN4CCOCC4)co3)cccc2C1=O. The van der Waals surface area contributed by atoms with Gasteiger partial charge in [-0.15, -0.1) is 0 Å². The molecular weight excluding hydrogens is 442 g/mol. The molecule has 2 aliphatic heterocycles. The Kier molecular flexibility index (Phi) is 7.49. The summed E-state index contributed by atoms with van der Waals surface area (Å²) < 4.78 is 21.7. The molecule has 0 spiro atoms. The molecule has 2 aliphatic rings. The number of esters is 1. The summed E-state index contributed by atoms with van der Waals surface area (Å²) >= 11 is 0. The number of morpholine rings is 1. The van der Waals surface area contributed by atoms with Gasteiger partial charge in [0.25, 0.3) is 5.91 Å². The van der Waals surface area contributed by atoms with Gasteiger partial charge in [-0.25, -0.2) is 0 Å². The van der Waals surface area contributed by atoms with Crippen molar-refractivity contribution in [2.45, 2.75) is 38.6 Å². The molecule has 34 heavy (non-hydrogen) atoms.